The highest BCUT2D eigenvalue weighted by Gasteiger charge is 2.32. The minimum Gasteiger partial charge on any atom is -0.330 e. The Bertz CT molecular complexity index is 952. The average Bonchev–Trinajstić information content (AvgIpc) is 3.16. The van der Waals surface area contributed by atoms with Gasteiger partial charge in [0, 0.05) is 17.4 Å². The van der Waals surface area contributed by atoms with Crippen LogP contribution >= 0.6 is 0 Å². The van der Waals surface area contributed by atoms with E-state index in [4.69, 9.17) is 0 Å². The van der Waals surface area contributed by atoms with Crippen molar-refractivity contribution in [3.8, 4) is 0 Å². The number of carbonyl (C=O) groups excluding carboxylic acids is 1. The topological polar surface area (TPSA) is 52.2 Å². The molecule has 0 atom stereocenters. The largest absolute Gasteiger partial charge is 0.416 e. The number of nitrogens with one attached hydrogen (secondary N) is 1. The van der Waals surface area contributed by atoms with Crippen LogP contribution in [0.15, 0.2) is 60.9 Å². The maximum atomic E-state index is 12.8. The molecule has 0 radical (unpaired) electrons. The molecule has 4 rings (SSSR count). The molecule has 0 saturated heterocycles. The first-order chi connectivity index (χ1) is 12.9. The number of hydrogen-bond acceptors (Lipinski definition) is 3. The van der Waals surface area contributed by atoms with Crippen molar-refractivity contribution in [2.24, 2.45) is 0 Å². The first-order valence-electron chi connectivity index (χ1n) is 8.25. The Hall–Kier alpha value is -3.29. The molecular weight excluding hydrogens is 357 g/mol. The second kappa shape index (κ2) is 6.46. The summed E-state index contributed by atoms with van der Waals surface area (Å²) in [7, 11) is 0. The van der Waals surface area contributed by atoms with E-state index in [0.29, 0.717) is 17.9 Å². The van der Waals surface area contributed by atoms with Crippen molar-refractivity contribution in [2.75, 3.05) is 16.3 Å². The zero-order chi connectivity index (χ0) is 19.0. The Labute approximate surface area is 153 Å². The molecule has 2 aromatic carbocycles. The van der Waals surface area contributed by atoms with E-state index >= 15 is 0 Å². The zero-order valence-electron chi connectivity index (χ0n) is 14.1. The molecular formula is C19H15F3N4O. The minimum absolute atomic E-state index is 0.0419. The van der Waals surface area contributed by atoms with Crippen LogP contribution in [0.1, 0.15) is 11.1 Å². The van der Waals surface area contributed by atoms with E-state index in [1.165, 1.54) is 12.1 Å². The van der Waals surface area contributed by atoms with E-state index in [1.807, 2.05) is 24.3 Å². The van der Waals surface area contributed by atoms with Gasteiger partial charge in [-0.3, -0.25) is 9.89 Å². The van der Waals surface area contributed by atoms with Crippen molar-refractivity contribution in [2.45, 2.75) is 12.7 Å². The van der Waals surface area contributed by atoms with E-state index in [2.05, 4.69) is 10.2 Å². The summed E-state index contributed by atoms with van der Waals surface area (Å²) >= 11 is 0. The molecule has 0 spiro atoms. The summed E-state index contributed by atoms with van der Waals surface area (Å²) in [5, 5.41) is 6.61. The monoisotopic (exact) mass is 372 g/mol. The second-order valence-corrected chi connectivity index (χ2v) is 6.21. The van der Waals surface area contributed by atoms with Gasteiger partial charge in [-0.15, -0.1) is 0 Å². The first-order valence-corrected chi connectivity index (χ1v) is 8.25. The molecule has 8 heteroatoms. The van der Waals surface area contributed by atoms with Crippen LogP contribution in [-0.2, 0) is 17.5 Å². The van der Waals surface area contributed by atoms with Crippen LogP contribution in [-0.4, -0.2) is 22.6 Å². The number of hydrogen-bond donors (Lipinski definition) is 1. The summed E-state index contributed by atoms with van der Waals surface area (Å²) in [5.74, 6) is -0.144. The number of amides is 1. The summed E-state index contributed by atoms with van der Waals surface area (Å²) in [6, 6.07) is 12.2. The number of rotatable bonds is 3. The number of nitrogens with zero attached hydrogens (tertiary/aromatic N) is 3. The maximum Gasteiger partial charge on any atom is 0.416 e. The Morgan fingerprint density at radius 3 is 2.37 bits per heavy atom. The lowest BCUT2D eigenvalue weighted by Gasteiger charge is -2.37. The lowest BCUT2D eigenvalue weighted by molar-refractivity contribution is -0.137. The van der Waals surface area contributed by atoms with Crippen molar-refractivity contribution in [1.29, 1.82) is 0 Å². The van der Waals surface area contributed by atoms with E-state index < -0.39 is 11.7 Å². The van der Waals surface area contributed by atoms with Gasteiger partial charge in [0.2, 0.25) is 5.91 Å². The van der Waals surface area contributed by atoms with Crippen molar-refractivity contribution in [3.05, 3.63) is 72.1 Å². The molecule has 0 saturated carbocycles. The number of fused-ring (bicyclic) bond motifs is 1. The summed E-state index contributed by atoms with van der Waals surface area (Å²) < 4.78 is 38.4. The quantitative estimate of drug-likeness (QED) is 0.753. The third-order valence-corrected chi connectivity index (χ3v) is 4.46. The Morgan fingerprint density at radius 2 is 1.74 bits per heavy atom. The van der Waals surface area contributed by atoms with Crippen LogP contribution in [0.2, 0.25) is 0 Å². The van der Waals surface area contributed by atoms with Crippen LogP contribution in [0.5, 0.6) is 0 Å². The van der Waals surface area contributed by atoms with Gasteiger partial charge in [-0.1, -0.05) is 12.1 Å². The third-order valence-electron chi connectivity index (χ3n) is 4.46. The number of alkyl halides is 3. The minimum atomic E-state index is -4.39. The molecule has 0 unspecified atom stereocenters. The lowest BCUT2D eigenvalue weighted by atomic mass is 10.1. The maximum absolute atomic E-state index is 12.8. The van der Waals surface area contributed by atoms with Crippen molar-refractivity contribution >= 4 is 23.0 Å². The van der Waals surface area contributed by atoms with Crippen LogP contribution in [0.3, 0.4) is 0 Å². The van der Waals surface area contributed by atoms with Gasteiger partial charge in [0.25, 0.3) is 0 Å². The first kappa shape index (κ1) is 17.1. The number of aromatic amines is 1. The predicted octanol–water partition coefficient (Wildman–Crippen LogP) is 4.11. The molecule has 1 N–H and O–H groups in total. The van der Waals surface area contributed by atoms with Crippen LogP contribution in [0, 0.1) is 0 Å². The predicted molar refractivity (Wildman–Crippen MR) is 94.7 cm³/mol. The summed E-state index contributed by atoms with van der Waals surface area (Å²) in [4.78, 5) is 16.1. The normalized spacial score (nSPS) is 14.4. The third kappa shape index (κ3) is 3.25. The van der Waals surface area contributed by atoms with Gasteiger partial charge in [0.1, 0.15) is 6.54 Å². The number of aromatic nitrogens is 2. The smallest absolute Gasteiger partial charge is 0.330 e. The highest BCUT2D eigenvalue weighted by Crippen LogP contribution is 2.39. The second-order valence-electron chi connectivity index (χ2n) is 6.21. The molecule has 27 heavy (non-hydrogen) atoms. The number of halogens is 3. The fourth-order valence-electron chi connectivity index (χ4n) is 3.14. The van der Waals surface area contributed by atoms with Gasteiger partial charge in [-0.25, -0.2) is 0 Å². The van der Waals surface area contributed by atoms with Gasteiger partial charge in [0.05, 0.1) is 29.7 Å². The van der Waals surface area contributed by atoms with Crippen molar-refractivity contribution < 1.29 is 18.0 Å². The molecule has 1 amide bonds. The molecule has 1 aliphatic rings. The molecule has 1 aromatic heterocycles. The number of carbonyl (C=O) groups is 1. The van der Waals surface area contributed by atoms with Gasteiger partial charge < -0.3 is 9.80 Å². The molecule has 3 aromatic rings. The highest BCUT2D eigenvalue weighted by molar-refractivity contribution is 6.04. The van der Waals surface area contributed by atoms with Crippen LogP contribution in [0.4, 0.5) is 30.2 Å². The number of benzene rings is 2. The molecule has 0 fully saturated rings. The Kier molecular flexibility index (Phi) is 4.10. The molecule has 0 bridgehead atoms. The standard InChI is InChI=1S/C19H15F3N4O/c20-19(21,22)14-5-7-15(8-6-14)25-12-18(27)26(11-13-9-23-24-10-13)17-4-2-1-3-16(17)25/h1-10H,11-12H2,(H,23,24). The number of H-pyrrole nitrogens is 1. The van der Waals surface area contributed by atoms with E-state index in [9.17, 15) is 18.0 Å². The average molecular weight is 372 g/mol. The molecule has 2 heterocycles. The van der Waals surface area contributed by atoms with Gasteiger partial charge >= 0.3 is 6.18 Å². The Balaban J connectivity index is 1.69. The zero-order valence-corrected chi connectivity index (χ0v) is 14.1. The van der Waals surface area contributed by atoms with Gasteiger partial charge in [-0.05, 0) is 36.4 Å². The Morgan fingerprint density at radius 1 is 1.04 bits per heavy atom. The summed E-state index contributed by atoms with van der Waals surface area (Å²) in [6.45, 7) is 0.410. The molecule has 0 aliphatic carbocycles. The van der Waals surface area contributed by atoms with Gasteiger partial charge in [-0.2, -0.15) is 18.3 Å². The highest BCUT2D eigenvalue weighted by atomic mass is 19.4. The van der Waals surface area contributed by atoms with Crippen molar-refractivity contribution in [3.63, 3.8) is 0 Å². The van der Waals surface area contributed by atoms with Gasteiger partial charge in [0.15, 0.2) is 0 Å². The molecule has 1 aliphatic heterocycles. The molecule has 5 nitrogen and oxygen atoms in total. The SMILES string of the molecule is O=C1CN(c2ccc(C(F)(F)F)cc2)c2ccccc2N1Cc1cn[nH]c1. The number of para-hydroxylation sites is 2. The number of anilines is 3. The van der Waals surface area contributed by atoms with E-state index in [0.717, 1.165) is 23.4 Å². The fourth-order valence-corrected chi connectivity index (χ4v) is 3.14. The van der Waals surface area contributed by atoms with Crippen LogP contribution in [0.25, 0.3) is 0 Å². The van der Waals surface area contributed by atoms with Crippen LogP contribution < -0.4 is 9.80 Å². The lowest BCUT2D eigenvalue weighted by Crippen LogP contribution is -2.43. The molecule has 138 valence electrons. The summed E-state index contributed by atoms with van der Waals surface area (Å²) in [5.41, 5.74) is 2.15. The summed E-state index contributed by atoms with van der Waals surface area (Å²) in [6.07, 6.45) is -1.02. The fraction of sp³-hybridized carbons (Fsp3) is 0.158. The van der Waals surface area contributed by atoms with E-state index in [1.54, 1.807) is 22.2 Å². The van der Waals surface area contributed by atoms with Crippen molar-refractivity contribution in [1.82, 2.24) is 10.2 Å². The van der Waals surface area contributed by atoms with E-state index in [-0.39, 0.29) is 12.5 Å².